The van der Waals surface area contributed by atoms with Crippen LogP contribution in [0.15, 0.2) is 30.4 Å². The average molecular weight is 249 g/mol. The second kappa shape index (κ2) is 6.19. The third kappa shape index (κ3) is 3.75. The van der Waals surface area contributed by atoms with Crippen molar-refractivity contribution in [3.8, 4) is 5.75 Å². The van der Waals surface area contributed by atoms with Gasteiger partial charge in [0.1, 0.15) is 5.75 Å². The summed E-state index contributed by atoms with van der Waals surface area (Å²) in [6.07, 6.45) is 2.43. The molecular formula is C12H11NO5. The number of carbonyl (C=O) groups is 3. The van der Waals surface area contributed by atoms with E-state index in [1.807, 2.05) is 0 Å². The van der Waals surface area contributed by atoms with Gasteiger partial charge in [-0.2, -0.15) is 0 Å². The lowest BCUT2D eigenvalue weighted by atomic mass is 10.2. The molecule has 0 atom stereocenters. The number of aldehydes is 1. The molecule has 0 saturated heterocycles. The standard InChI is InChI=1S/C12H11NO5/c1-18-12(17)5-4-11(16)13-10-3-2-9(15)6-8(10)7-14/h2-7,15H,1H3,(H,13,16)/b5-4+. The molecule has 0 aromatic heterocycles. The zero-order valence-corrected chi connectivity index (χ0v) is 9.54. The number of ether oxygens (including phenoxy) is 1. The molecule has 0 saturated carbocycles. The summed E-state index contributed by atoms with van der Waals surface area (Å²) < 4.78 is 4.32. The summed E-state index contributed by atoms with van der Waals surface area (Å²) in [5.41, 5.74) is 0.372. The van der Waals surface area contributed by atoms with Crippen molar-refractivity contribution in [2.75, 3.05) is 12.4 Å². The highest BCUT2D eigenvalue weighted by Gasteiger charge is 2.05. The van der Waals surface area contributed by atoms with Crippen LogP contribution in [-0.2, 0) is 14.3 Å². The molecule has 1 aromatic rings. The van der Waals surface area contributed by atoms with Crippen LogP contribution in [0.25, 0.3) is 0 Å². The van der Waals surface area contributed by atoms with Gasteiger partial charge in [0.05, 0.1) is 12.8 Å². The Bertz CT molecular complexity index is 507. The molecule has 0 fully saturated rings. The minimum atomic E-state index is -0.661. The first-order chi connectivity index (χ1) is 8.56. The summed E-state index contributed by atoms with van der Waals surface area (Å²) >= 11 is 0. The lowest BCUT2D eigenvalue weighted by molar-refractivity contribution is -0.135. The number of esters is 1. The van der Waals surface area contributed by atoms with Crippen molar-refractivity contribution >= 4 is 23.9 Å². The largest absolute Gasteiger partial charge is 0.508 e. The van der Waals surface area contributed by atoms with Crippen LogP contribution in [0.5, 0.6) is 5.75 Å². The van der Waals surface area contributed by atoms with Gasteiger partial charge >= 0.3 is 5.97 Å². The summed E-state index contributed by atoms with van der Waals surface area (Å²) in [5.74, 6) is -1.33. The van der Waals surface area contributed by atoms with E-state index in [1.165, 1.54) is 25.3 Å². The molecule has 0 bridgehead atoms. The van der Waals surface area contributed by atoms with E-state index in [1.54, 1.807) is 0 Å². The second-order valence-electron chi connectivity index (χ2n) is 3.24. The van der Waals surface area contributed by atoms with E-state index >= 15 is 0 Å². The number of hydrogen-bond donors (Lipinski definition) is 2. The monoisotopic (exact) mass is 249 g/mol. The van der Waals surface area contributed by atoms with E-state index in [2.05, 4.69) is 10.1 Å². The Balaban J connectivity index is 2.79. The highest BCUT2D eigenvalue weighted by Crippen LogP contribution is 2.19. The van der Waals surface area contributed by atoms with Gasteiger partial charge in [0.15, 0.2) is 6.29 Å². The van der Waals surface area contributed by atoms with Crippen LogP contribution in [0, 0.1) is 0 Å². The first-order valence-electron chi connectivity index (χ1n) is 4.92. The van der Waals surface area contributed by atoms with Gasteiger partial charge in [-0.1, -0.05) is 0 Å². The van der Waals surface area contributed by atoms with Gasteiger partial charge in [0.25, 0.3) is 0 Å². The molecule has 6 heteroatoms. The Kier molecular flexibility index (Phi) is 4.62. The number of aromatic hydroxyl groups is 1. The lowest BCUT2D eigenvalue weighted by Gasteiger charge is -2.05. The van der Waals surface area contributed by atoms with Crippen LogP contribution in [0.2, 0.25) is 0 Å². The zero-order valence-electron chi connectivity index (χ0n) is 9.54. The van der Waals surface area contributed by atoms with Crippen molar-refractivity contribution in [3.05, 3.63) is 35.9 Å². The summed E-state index contributed by atoms with van der Waals surface area (Å²) in [6, 6.07) is 3.92. The summed E-state index contributed by atoms with van der Waals surface area (Å²) in [7, 11) is 1.19. The maximum atomic E-state index is 11.4. The zero-order chi connectivity index (χ0) is 13.5. The fourth-order valence-corrected chi connectivity index (χ4v) is 1.15. The lowest BCUT2D eigenvalue weighted by Crippen LogP contribution is -2.10. The number of nitrogens with one attached hydrogen (secondary N) is 1. The molecule has 0 heterocycles. The fraction of sp³-hybridized carbons (Fsp3) is 0.0833. The number of benzene rings is 1. The Hall–Kier alpha value is -2.63. The van der Waals surface area contributed by atoms with Crippen LogP contribution < -0.4 is 5.32 Å². The Morgan fingerprint density at radius 3 is 2.67 bits per heavy atom. The normalized spacial score (nSPS) is 10.1. The van der Waals surface area contributed by atoms with E-state index in [9.17, 15) is 14.4 Å². The van der Waals surface area contributed by atoms with Gasteiger partial charge in [-0.15, -0.1) is 0 Å². The van der Waals surface area contributed by atoms with Gasteiger partial charge in [0.2, 0.25) is 5.91 Å². The Morgan fingerprint density at radius 2 is 2.06 bits per heavy atom. The molecule has 2 N–H and O–H groups in total. The quantitative estimate of drug-likeness (QED) is 0.357. The van der Waals surface area contributed by atoms with E-state index in [-0.39, 0.29) is 17.0 Å². The van der Waals surface area contributed by atoms with Gasteiger partial charge in [0, 0.05) is 17.7 Å². The van der Waals surface area contributed by atoms with Crippen molar-refractivity contribution in [1.29, 1.82) is 0 Å². The van der Waals surface area contributed by atoms with Crippen LogP contribution in [0.3, 0.4) is 0 Å². The fourth-order valence-electron chi connectivity index (χ4n) is 1.15. The molecule has 0 spiro atoms. The molecule has 0 unspecified atom stereocenters. The summed E-state index contributed by atoms with van der Waals surface area (Å²) in [6.45, 7) is 0. The van der Waals surface area contributed by atoms with Gasteiger partial charge in [-0.25, -0.2) is 4.79 Å². The molecule has 0 aliphatic heterocycles. The smallest absolute Gasteiger partial charge is 0.330 e. The van der Waals surface area contributed by atoms with Gasteiger partial charge in [-0.05, 0) is 18.2 Å². The number of carbonyl (C=O) groups excluding carboxylic acids is 3. The average Bonchev–Trinajstić information content (AvgIpc) is 2.37. The minimum Gasteiger partial charge on any atom is -0.508 e. The number of hydrogen-bond acceptors (Lipinski definition) is 5. The van der Waals surface area contributed by atoms with E-state index in [0.29, 0.717) is 6.29 Å². The number of amides is 1. The van der Waals surface area contributed by atoms with Crippen molar-refractivity contribution in [2.45, 2.75) is 0 Å². The Labute approximate surface area is 103 Å². The minimum absolute atomic E-state index is 0.0831. The van der Waals surface area contributed by atoms with E-state index < -0.39 is 11.9 Å². The summed E-state index contributed by atoms with van der Waals surface area (Å²) in [5, 5.41) is 11.6. The number of anilines is 1. The molecule has 6 nitrogen and oxygen atoms in total. The number of methoxy groups -OCH3 is 1. The first-order valence-corrected chi connectivity index (χ1v) is 4.92. The molecule has 0 aliphatic rings. The van der Waals surface area contributed by atoms with Gasteiger partial charge in [-0.3, -0.25) is 9.59 Å². The van der Waals surface area contributed by atoms with Crippen LogP contribution in [0.1, 0.15) is 10.4 Å². The SMILES string of the molecule is COC(=O)/C=C/C(=O)Nc1ccc(O)cc1C=O. The maximum Gasteiger partial charge on any atom is 0.330 e. The molecule has 1 aromatic carbocycles. The van der Waals surface area contributed by atoms with Crippen LogP contribution in [-0.4, -0.2) is 30.4 Å². The Morgan fingerprint density at radius 1 is 1.33 bits per heavy atom. The van der Waals surface area contributed by atoms with Crippen LogP contribution in [0.4, 0.5) is 5.69 Å². The third-order valence-corrected chi connectivity index (χ3v) is 1.99. The van der Waals surface area contributed by atoms with Gasteiger partial charge < -0.3 is 15.2 Å². The van der Waals surface area contributed by atoms with Crippen molar-refractivity contribution in [1.82, 2.24) is 0 Å². The van der Waals surface area contributed by atoms with Crippen LogP contribution >= 0.6 is 0 Å². The molecule has 1 amide bonds. The second-order valence-corrected chi connectivity index (χ2v) is 3.24. The number of phenols is 1. The summed E-state index contributed by atoms with van der Waals surface area (Å²) in [4.78, 5) is 32.9. The number of rotatable bonds is 4. The molecular weight excluding hydrogens is 238 g/mol. The predicted octanol–water partition coefficient (Wildman–Crippen LogP) is 0.872. The van der Waals surface area contributed by atoms with Crippen molar-refractivity contribution in [2.24, 2.45) is 0 Å². The molecule has 0 aliphatic carbocycles. The van der Waals surface area contributed by atoms with Crippen molar-refractivity contribution < 1.29 is 24.2 Å². The molecule has 0 radical (unpaired) electrons. The molecule has 94 valence electrons. The highest BCUT2D eigenvalue weighted by molar-refractivity contribution is 6.04. The number of phenolic OH excluding ortho intramolecular Hbond substituents is 1. The molecule has 1 rings (SSSR count). The van der Waals surface area contributed by atoms with Crippen molar-refractivity contribution in [3.63, 3.8) is 0 Å². The first kappa shape index (κ1) is 13.4. The topological polar surface area (TPSA) is 92.7 Å². The van der Waals surface area contributed by atoms with E-state index in [4.69, 9.17) is 5.11 Å². The molecule has 18 heavy (non-hydrogen) atoms. The highest BCUT2D eigenvalue weighted by atomic mass is 16.5. The predicted molar refractivity (Wildman–Crippen MR) is 63.3 cm³/mol. The van der Waals surface area contributed by atoms with E-state index in [0.717, 1.165) is 12.2 Å². The maximum absolute atomic E-state index is 11.4. The third-order valence-electron chi connectivity index (χ3n) is 1.99.